The second kappa shape index (κ2) is 10.8. The molecule has 32 heavy (non-hydrogen) atoms. The molecule has 0 atom stereocenters. The van der Waals surface area contributed by atoms with Gasteiger partial charge in [-0.3, -0.25) is 14.9 Å². The number of ether oxygens (including phenoxy) is 3. The van der Waals surface area contributed by atoms with E-state index in [0.29, 0.717) is 13.1 Å². The maximum absolute atomic E-state index is 12.4. The molecule has 0 radical (unpaired) electrons. The van der Waals surface area contributed by atoms with Crippen molar-refractivity contribution >= 4 is 29.2 Å². The first-order chi connectivity index (χ1) is 15.4. The predicted molar refractivity (Wildman–Crippen MR) is 117 cm³/mol. The molecule has 0 bridgehead atoms. The van der Waals surface area contributed by atoms with Crippen LogP contribution in [0.25, 0.3) is 0 Å². The van der Waals surface area contributed by atoms with Crippen LogP contribution in [0, 0.1) is 10.1 Å². The molecule has 0 spiro atoms. The Kier molecular flexibility index (Phi) is 7.88. The van der Waals surface area contributed by atoms with Gasteiger partial charge in [0.05, 0.1) is 17.6 Å². The molecule has 0 N–H and O–H groups in total. The molecular formula is C22H23ClN2O7. The number of methoxy groups -OCH3 is 1. The van der Waals surface area contributed by atoms with Crippen molar-refractivity contribution in [2.24, 2.45) is 0 Å². The summed E-state index contributed by atoms with van der Waals surface area (Å²) in [6, 6.07) is 8.26. The smallest absolute Gasteiger partial charge is 0.338 e. The van der Waals surface area contributed by atoms with E-state index in [2.05, 4.69) is 0 Å². The summed E-state index contributed by atoms with van der Waals surface area (Å²) >= 11 is 5.82. The average molecular weight is 463 g/mol. The molecular weight excluding hydrogens is 440 g/mol. The Morgan fingerprint density at radius 2 is 1.72 bits per heavy atom. The van der Waals surface area contributed by atoms with Gasteiger partial charge in [0, 0.05) is 24.2 Å². The van der Waals surface area contributed by atoms with E-state index in [1.807, 2.05) is 0 Å². The number of nitro groups is 1. The van der Waals surface area contributed by atoms with Crippen molar-refractivity contribution in [1.82, 2.24) is 4.90 Å². The summed E-state index contributed by atoms with van der Waals surface area (Å²) in [5.41, 5.74) is -0.154. The maximum Gasteiger partial charge on any atom is 0.338 e. The Hall–Kier alpha value is -3.33. The highest BCUT2D eigenvalue weighted by atomic mass is 35.5. The van der Waals surface area contributed by atoms with E-state index in [1.54, 1.807) is 4.90 Å². The standard InChI is InChI=1S/C22H23ClN2O7/c1-30-20-12-15(22(27)31-14-21(26)24-10-4-2-3-5-11-24)6-8-19(20)32-18-9-7-16(23)13-17(18)25(28)29/h6-9,12-13H,2-5,10-11,14H2,1H3. The highest BCUT2D eigenvalue weighted by molar-refractivity contribution is 6.30. The summed E-state index contributed by atoms with van der Waals surface area (Å²) in [4.78, 5) is 37.1. The minimum Gasteiger partial charge on any atom is -0.493 e. The van der Waals surface area contributed by atoms with Crippen molar-refractivity contribution in [2.45, 2.75) is 25.7 Å². The fraction of sp³-hybridized carbons (Fsp3) is 0.364. The number of halogens is 1. The van der Waals surface area contributed by atoms with E-state index in [9.17, 15) is 19.7 Å². The van der Waals surface area contributed by atoms with E-state index >= 15 is 0 Å². The number of carbonyl (C=O) groups excluding carboxylic acids is 2. The van der Waals surface area contributed by atoms with E-state index in [0.717, 1.165) is 25.7 Å². The van der Waals surface area contributed by atoms with E-state index < -0.39 is 10.9 Å². The molecule has 1 saturated heterocycles. The summed E-state index contributed by atoms with van der Waals surface area (Å²) < 4.78 is 16.1. The van der Waals surface area contributed by atoms with Gasteiger partial charge in [0.1, 0.15) is 0 Å². The molecule has 0 aliphatic carbocycles. The van der Waals surface area contributed by atoms with Gasteiger partial charge >= 0.3 is 11.7 Å². The van der Waals surface area contributed by atoms with Gasteiger partial charge in [-0.15, -0.1) is 0 Å². The lowest BCUT2D eigenvalue weighted by atomic mass is 10.2. The van der Waals surface area contributed by atoms with Gasteiger partial charge in [-0.25, -0.2) is 4.79 Å². The fourth-order valence-corrected chi connectivity index (χ4v) is 3.51. The molecule has 0 aromatic heterocycles. The average Bonchev–Trinajstić information content (AvgIpc) is 3.08. The van der Waals surface area contributed by atoms with Crippen molar-refractivity contribution in [2.75, 3.05) is 26.8 Å². The van der Waals surface area contributed by atoms with Gasteiger partial charge in [0.15, 0.2) is 18.1 Å². The number of rotatable bonds is 7. The maximum atomic E-state index is 12.4. The molecule has 10 heteroatoms. The van der Waals surface area contributed by atoms with Crippen molar-refractivity contribution in [3.63, 3.8) is 0 Å². The first kappa shape index (κ1) is 23.3. The molecule has 0 unspecified atom stereocenters. The normalized spacial score (nSPS) is 13.8. The van der Waals surface area contributed by atoms with E-state index in [4.69, 9.17) is 25.8 Å². The van der Waals surface area contributed by atoms with Crippen LogP contribution in [-0.4, -0.2) is 48.5 Å². The van der Waals surface area contributed by atoms with Crippen LogP contribution < -0.4 is 9.47 Å². The predicted octanol–water partition coefficient (Wildman–Crippen LogP) is 4.61. The lowest BCUT2D eigenvalue weighted by Crippen LogP contribution is -2.35. The summed E-state index contributed by atoms with van der Waals surface area (Å²) in [5, 5.41) is 11.5. The number of nitro benzene ring substituents is 1. The second-order valence-electron chi connectivity index (χ2n) is 7.21. The van der Waals surface area contributed by atoms with Crippen LogP contribution in [0.3, 0.4) is 0 Å². The third-order valence-corrected chi connectivity index (χ3v) is 5.26. The van der Waals surface area contributed by atoms with Crippen molar-refractivity contribution in [3.05, 3.63) is 57.1 Å². The molecule has 9 nitrogen and oxygen atoms in total. The number of carbonyl (C=O) groups is 2. The second-order valence-corrected chi connectivity index (χ2v) is 7.64. The molecule has 2 aromatic rings. The lowest BCUT2D eigenvalue weighted by Gasteiger charge is -2.20. The minimum atomic E-state index is -0.685. The third-order valence-electron chi connectivity index (χ3n) is 5.02. The Morgan fingerprint density at radius 3 is 2.38 bits per heavy atom. The summed E-state index contributed by atoms with van der Waals surface area (Å²) in [7, 11) is 1.37. The van der Waals surface area contributed by atoms with E-state index in [1.165, 1.54) is 43.5 Å². The first-order valence-electron chi connectivity index (χ1n) is 10.1. The third kappa shape index (κ3) is 5.88. The topological polar surface area (TPSA) is 108 Å². The molecule has 1 aliphatic heterocycles. The van der Waals surface area contributed by atoms with Crippen LogP contribution in [0.5, 0.6) is 17.2 Å². The van der Waals surface area contributed by atoms with Crippen molar-refractivity contribution in [1.29, 1.82) is 0 Å². The molecule has 3 rings (SSSR count). The largest absolute Gasteiger partial charge is 0.493 e. The number of benzene rings is 2. The number of amides is 1. The van der Waals surface area contributed by atoms with Crippen molar-refractivity contribution < 1.29 is 28.7 Å². The van der Waals surface area contributed by atoms with Crippen molar-refractivity contribution in [3.8, 4) is 17.2 Å². The zero-order valence-corrected chi connectivity index (χ0v) is 18.3. The zero-order valence-electron chi connectivity index (χ0n) is 17.5. The van der Waals surface area contributed by atoms with Gasteiger partial charge in [-0.05, 0) is 43.2 Å². The molecule has 1 aliphatic rings. The Balaban J connectivity index is 1.69. The highest BCUT2D eigenvalue weighted by Gasteiger charge is 2.21. The van der Waals surface area contributed by atoms with Crippen LogP contribution in [0.1, 0.15) is 36.0 Å². The molecule has 170 valence electrons. The molecule has 0 saturated carbocycles. The van der Waals surface area contributed by atoms with Gasteiger partial charge in [-0.1, -0.05) is 24.4 Å². The summed E-state index contributed by atoms with van der Waals surface area (Å²) in [5.74, 6) is -0.605. The monoisotopic (exact) mass is 462 g/mol. The van der Waals surface area contributed by atoms with Crippen LogP contribution in [0.2, 0.25) is 5.02 Å². The Labute approximate surface area is 190 Å². The highest BCUT2D eigenvalue weighted by Crippen LogP contribution is 2.38. The van der Waals surface area contributed by atoms with Gasteiger partial charge in [0.2, 0.25) is 5.75 Å². The zero-order chi connectivity index (χ0) is 23.1. The number of hydrogen-bond acceptors (Lipinski definition) is 7. The lowest BCUT2D eigenvalue weighted by molar-refractivity contribution is -0.385. The van der Waals surface area contributed by atoms with Crippen LogP contribution in [0.15, 0.2) is 36.4 Å². The molecule has 1 amide bonds. The number of esters is 1. The van der Waals surface area contributed by atoms with Gasteiger partial charge in [0.25, 0.3) is 5.91 Å². The summed E-state index contributed by atoms with van der Waals surface area (Å²) in [6.07, 6.45) is 4.09. The van der Waals surface area contributed by atoms with Gasteiger partial charge < -0.3 is 19.1 Å². The number of nitrogens with zero attached hydrogens (tertiary/aromatic N) is 2. The number of likely N-dealkylation sites (tertiary alicyclic amines) is 1. The summed E-state index contributed by atoms with van der Waals surface area (Å²) in [6.45, 7) is 1.01. The minimum absolute atomic E-state index is 0.0314. The van der Waals surface area contributed by atoms with Crippen LogP contribution in [-0.2, 0) is 9.53 Å². The SMILES string of the molecule is COc1cc(C(=O)OCC(=O)N2CCCCCC2)ccc1Oc1ccc(Cl)cc1[N+](=O)[O-]. The first-order valence-corrected chi connectivity index (χ1v) is 10.5. The Morgan fingerprint density at radius 1 is 1.03 bits per heavy atom. The van der Waals surface area contributed by atoms with Crippen LogP contribution >= 0.6 is 11.6 Å². The molecule has 1 heterocycles. The molecule has 2 aromatic carbocycles. The molecule has 1 fully saturated rings. The van der Waals surface area contributed by atoms with Crippen LogP contribution in [0.4, 0.5) is 5.69 Å². The number of hydrogen-bond donors (Lipinski definition) is 0. The van der Waals surface area contributed by atoms with E-state index in [-0.39, 0.29) is 46.0 Å². The quantitative estimate of drug-likeness (QED) is 0.336. The fourth-order valence-electron chi connectivity index (χ4n) is 3.34. The van der Waals surface area contributed by atoms with Gasteiger partial charge in [-0.2, -0.15) is 0 Å². The Bertz CT molecular complexity index is 1000.